The van der Waals surface area contributed by atoms with Crippen LogP contribution in [-0.2, 0) is 9.59 Å². The van der Waals surface area contributed by atoms with Gasteiger partial charge in [0, 0.05) is 20.7 Å². The largest absolute Gasteiger partial charge is 0.496 e. The molecule has 2 aromatic carbocycles. The maximum atomic E-state index is 11.9. The van der Waals surface area contributed by atoms with Crippen LogP contribution >= 0.6 is 27.5 Å². The Morgan fingerprint density at radius 2 is 1.96 bits per heavy atom. The minimum atomic E-state index is -0.889. The van der Waals surface area contributed by atoms with E-state index in [2.05, 4.69) is 31.8 Å². The molecule has 0 saturated heterocycles. The number of benzene rings is 2. The van der Waals surface area contributed by atoms with Gasteiger partial charge in [0.15, 0.2) is 0 Å². The van der Waals surface area contributed by atoms with Crippen LogP contribution < -0.4 is 15.5 Å². The lowest BCUT2D eigenvalue weighted by Gasteiger charge is -2.07. The van der Waals surface area contributed by atoms with Gasteiger partial charge < -0.3 is 10.1 Å². The van der Waals surface area contributed by atoms with Crippen LogP contribution in [-0.4, -0.2) is 25.1 Å². The van der Waals surface area contributed by atoms with E-state index in [1.54, 1.807) is 37.3 Å². The summed E-state index contributed by atoms with van der Waals surface area (Å²) in [6.45, 7) is 1.77. The number of hydrazone groups is 1. The minimum absolute atomic E-state index is 0.502. The number of nitrogens with zero attached hydrogens (tertiary/aromatic N) is 1. The highest BCUT2D eigenvalue weighted by Crippen LogP contribution is 2.21. The van der Waals surface area contributed by atoms with E-state index in [4.69, 9.17) is 16.3 Å². The van der Waals surface area contributed by atoms with Crippen LogP contribution in [0.5, 0.6) is 5.75 Å². The fraction of sp³-hybridized carbons (Fsp3) is 0.118. The number of carbonyl (C=O) groups is 2. The van der Waals surface area contributed by atoms with Crippen LogP contribution in [0, 0.1) is 6.92 Å². The summed E-state index contributed by atoms with van der Waals surface area (Å²) in [6.07, 6.45) is 1.39. The maximum Gasteiger partial charge on any atom is 0.329 e. The number of hydrogen-bond acceptors (Lipinski definition) is 4. The van der Waals surface area contributed by atoms with Crippen LogP contribution in [0.1, 0.15) is 11.1 Å². The summed E-state index contributed by atoms with van der Waals surface area (Å²) in [5, 5.41) is 6.83. The van der Waals surface area contributed by atoms with Crippen molar-refractivity contribution in [3.63, 3.8) is 0 Å². The molecule has 0 fully saturated rings. The lowest BCUT2D eigenvalue weighted by molar-refractivity contribution is -0.136. The Hall–Kier alpha value is -2.38. The number of anilines is 1. The smallest absolute Gasteiger partial charge is 0.329 e. The first-order chi connectivity index (χ1) is 11.9. The van der Waals surface area contributed by atoms with Gasteiger partial charge in [0.25, 0.3) is 0 Å². The first kappa shape index (κ1) is 19.0. The van der Waals surface area contributed by atoms with Gasteiger partial charge in [-0.05, 0) is 48.9 Å². The van der Waals surface area contributed by atoms with Gasteiger partial charge in [0.2, 0.25) is 0 Å². The fourth-order valence-electron chi connectivity index (χ4n) is 1.96. The molecular weight excluding hydrogens is 410 g/mol. The minimum Gasteiger partial charge on any atom is -0.496 e. The number of hydrogen-bond donors (Lipinski definition) is 2. The molecule has 25 heavy (non-hydrogen) atoms. The average Bonchev–Trinajstić information content (AvgIpc) is 2.57. The summed E-state index contributed by atoms with van der Waals surface area (Å²) in [7, 11) is 1.53. The molecule has 0 atom stereocenters. The van der Waals surface area contributed by atoms with Gasteiger partial charge in [-0.2, -0.15) is 5.10 Å². The van der Waals surface area contributed by atoms with E-state index >= 15 is 0 Å². The van der Waals surface area contributed by atoms with E-state index in [0.29, 0.717) is 22.0 Å². The van der Waals surface area contributed by atoms with Crippen molar-refractivity contribution in [2.45, 2.75) is 6.92 Å². The van der Waals surface area contributed by atoms with E-state index in [1.807, 2.05) is 6.07 Å². The second kappa shape index (κ2) is 8.64. The summed E-state index contributed by atoms with van der Waals surface area (Å²) in [4.78, 5) is 23.7. The third-order valence-electron chi connectivity index (χ3n) is 3.20. The van der Waals surface area contributed by atoms with Crippen molar-refractivity contribution in [1.29, 1.82) is 0 Å². The predicted octanol–water partition coefficient (Wildman–Crippen LogP) is 3.51. The van der Waals surface area contributed by atoms with E-state index in [-0.39, 0.29) is 0 Å². The Morgan fingerprint density at radius 1 is 1.20 bits per heavy atom. The molecule has 6 nitrogen and oxygen atoms in total. The second-order valence-corrected chi connectivity index (χ2v) is 6.35. The van der Waals surface area contributed by atoms with Gasteiger partial charge in [-0.1, -0.05) is 27.5 Å². The van der Waals surface area contributed by atoms with Crippen molar-refractivity contribution >= 4 is 51.2 Å². The standard InChI is InChI=1S/C17H15BrClN3O3/c1-10-7-13(19)4-5-14(10)21-16(23)17(24)22-20-9-11-8-12(18)3-6-15(11)25-2/h3-9H,1-2H3,(H,21,23)(H,22,24)/b20-9+. The summed E-state index contributed by atoms with van der Waals surface area (Å²) in [5.41, 5.74) is 4.07. The van der Waals surface area contributed by atoms with E-state index in [1.165, 1.54) is 13.3 Å². The Balaban J connectivity index is 2.00. The van der Waals surface area contributed by atoms with Gasteiger partial charge in [0.1, 0.15) is 5.75 Å². The van der Waals surface area contributed by atoms with Crippen molar-refractivity contribution in [2.24, 2.45) is 5.10 Å². The molecule has 0 aliphatic rings. The Morgan fingerprint density at radius 3 is 2.64 bits per heavy atom. The topological polar surface area (TPSA) is 79.8 Å². The second-order valence-electron chi connectivity index (χ2n) is 5.00. The average molecular weight is 425 g/mol. The fourth-order valence-corrected chi connectivity index (χ4v) is 2.57. The van der Waals surface area contributed by atoms with E-state index in [9.17, 15) is 9.59 Å². The van der Waals surface area contributed by atoms with Gasteiger partial charge in [-0.3, -0.25) is 9.59 Å². The molecule has 0 radical (unpaired) electrons. The summed E-state index contributed by atoms with van der Waals surface area (Å²) in [6, 6.07) is 10.3. The maximum absolute atomic E-state index is 11.9. The van der Waals surface area contributed by atoms with Crippen molar-refractivity contribution in [3.05, 3.63) is 57.0 Å². The lowest BCUT2D eigenvalue weighted by atomic mass is 10.2. The molecule has 0 aliphatic heterocycles. The van der Waals surface area contributed by atoms with Gasteiger partial charge in [0.05, 0.1) is 13.3 Å². The highest BCUT2D eigenvalue weighted by molar-refractivity contribution is 9.10. The normalized spacial score (nSPS) is 10.6. The molecule has 0 aliphatic carbocycles. The van der Waals surface area contributed by atoms with E-state index < -0.39 is 11.8 Å². The molecule has 0 spiro atoms. The third kappa shape index (κ3) is 5.30. The molecule has 8 heteroatoms. The number of amides is 2. The summed E-state index contributed by atoms with van der Waals surface area (Å²) < 4.78 is 6.02. The monoisotopic (exact) mass is 423 g/mol. The number of carbonyl (C=O) groups excluding carboxylic acids is 2. The van der Waals surface area contributed by atoms with Crippen molar-refractivity contribution < 1.29 is 14.3 Å². The number of ether oxygens (including phenoxy) is 1. The molecule has 2 aromatic rings. The number of nitrogens with one attached hydrogen (secondary N) is 2. The molecule has 0 heterocycles. The molecule has 0 bridgehead atoms. The number of rotatable bonds is 4. The highest BCUT2D eigenvalue weighted by Gasteiger charge is 2.14. The zero-order chi connectivity index (χ0) is 18.4. The van der Waals surface area contributed by atoms with Gasteiger partial charge in [-0.15, -0.1) is 0 Å². The third-order valence-corrected chi connectivity index (χ3v) is 3.93. The zero-order valence-corrected chi connectivity index (χ0v) is 15.8. The Labute approximate surface area is 158 Å². The highest BCUT2D eigenvalue weighted by atomic mass is 79.9. The summed E-state index contributed by atoms with van der Waals surface area (Å²) in [5.74, 6) is -1.13. The van der Waals surface area contributed by atoms with Crippen LogP contribution in [0.25, 0.3) is 0 Å². The Kier molecular flexibility index (Phi) is 6.55. The number of aryl methyl sites for hydroxylation is 1. The molecule has 2 rings (SSSR count). The van der Waals surface area contributed by atoms with Crippen molar-refractivity contribution in [3.8, 4) is 5.75 Å². The molecule has 130 valence electrons. The first-order valence-electron chi connectivity index (χ1n) is 7.15. The first-order valence-corrected chi connectivity index (χ1v) is 8.32. The van der Waals surface area contributed by atoms with Crippen molar-refractivity contribution in [2.75, 3.05) is 12.4 Å². The molecular formula is C17H15BrClN3O3. The van der Waals surface area contributed by atoms with Crippen molar-refractivity contribution in [1.82, 2.24) is 5.43 Å². The van der Waals surface area contributed by atoms with E-state index in [0.717, 1.165) is 10.0 Å². The molecule has 0 aromatic heterocycles. The molecule has 0 unspecified atom stereocenters. The molecule has 2 N–H and O–H groups in total. The number of methoxy groups -OCH3 is 1. The zero-order valence-electron chi connectivity index (χ0n) is 13.5. The molecule has 0 saturated carbocycles. The van der Waals surface area contributed by atoms with Crippen LogP contribution in [0.3, 0.4) is 0 Å². The lowest BCUT2D eigenvalue weighted by Crippen LogP contribution is -2.32. The SMILES string of the molecule is COc1ccc(Br)cc1/C=N/NC(=O)C(=O)Nc1ccc(Cl)cc1C. The Bertz CT molecular complexity index is 840. The number of halogens is 2. The predicted molar refractivity (Wildman–Crippen MR) is 101 cm³/mol. The summed E-state index contributed by atoms with van der Waals surface area (Å²) >= 11 is 9.19. The van der Waals surface area contributed by atoms with Crippen LogP contribution in [0.4, 0.5) is 5.69 Å². The quantitative estimate of drug-likeness (QED) is 0.448. The van der Waals surface area contributed by atoms with Gasteiger partial charge in [-0.25, -0.2) is 5.43 Å². The van der Waals surface area contributed by atoms with Gasteiger partial charge >= 0.3 is 11.8 Å². The van der Waals surface area contributed by atoms with Crippen LogP contribution in [0.2, 0.25) is 5.02 Å². The molecule has 2 amide bonds. The van der Waals surface area contributed by atoms with Crippen LogP contribution in [0.15, 0.2) is 46.0 Å².